The largest absolute Gasteiger partial charge is 0.433 e. The first kappa shape index (κ1) is 16.7. The summed E-state index contributed by atoms with van der Waals surface area (Å²) in [6, 6.07) is 3.36. The van der Waals surface area contributed by atoms with E-state index in [1.807, 2.05) is 6.20 Å². The number of benzene rings is 1. The second kappa shape index (κ2) is 8.05. The summed E-state index contributed by atoms with van der Waals surface area (Å²) in [4.78, 5) is 16.7. The Balaban J connectivity index is 0.000000235. The summed E-state index contributed by atoms with van der Waals surface area (Å²) in [7, 11) is 0. The minimum atomic E-state index is -2.34. The van der Waals surface area contributed by atoms with Gasteiger partial charge in [-0.25, -0.2) is 14.2 Å². The number of anilines is 1. The van der Waals surface area contributed by atoms with Crippen LogP contribution in [-0.4, -0.2) is 22.7 Å². The molecule has 21 heavy (non-hydrogen) atoms. The Hall–Kier alpha value is -2.35. The number of H-pyrrole nitrogens is 1. The van der Waals surface area contributed by atoms with E-state index < -0.39 is 22.8 Å². The molecule has 0 aliphatic rings. The maximum absolute atomic E-state index is 12.9. The van der Waals surface area contributed by atoms with E-state index in [0.717, 1.165) is 24.2 Å². The molecule has 0 aliphatic heterocycles. The van der Waals surface area contributed by atoms with Crippen molar-refractivity contribution < 1.29 is 18.1 Å². The van der Waals surface area contributed by atoms with Crippen molar-refractivity contribution in [2.24, 2.45) is 5.73 Å². The lowest BCUT2D eigenvalue weighted by Gasteiger charge is -2.07. The number of aromatic nitrogens is 2. The molecule has 0 saturated carbocycles. The number of halogens is 3. The maximum Gasteiger partial charge on any atom is 0.433 e. The number of amides is 1. The molecule has 1 aromatic heterocycles. The minimum Gasteiger partial charge on any atom is -0.351 e. The number of aromatic amines is 1. The first-order valence-corrected chi connectivity index (χ1v) is 6.05. The van der Waals surface area contributed by atoms with Gasteiger partial charge in [-0.15, -0.1) is 9.51 Å². The number of carbonyl (C=O) groups excluding carboxylic acids is 1. The van der Waals surface area contributed by atoms with E-state index in [2.05, 4.69) is 9.97 Å². The molecular formula is C13H15F3N4O. The van der Waals surface area contributed by atoms with E-state index in [1.54, 1.807) is 13.3 Å². The number of nitrogens with two attached hydrogens (primary N) is 1. The molecule has 8 heteroatoms. The summed E-state index contributed by atoms with van der Waals surface area (Å²) in [6.45, 7) is 2.26. The molecule has 0 spiro atoms. The average Bonchev–Trinajstić information content (AvgIpc) is 2.92. The van der Waals surface area contributed by atoms with Gasteiger partial charge >= 0.3 is 6.16 Å². The smallest absolute Gasteiger partial charge is 0.351 e. The van der Waals surface area contributed by atoms with Crippen molar-refractivity contribution in [3.8, 4) is 0 Å². The predicted molar refractivity (Wildman–Crippen MR) is 72.6 cm³/mol. The predicted octanol–water partition coefficient (Wildman–Crippen LogP) is 2.83. The lowest BCUT2D eigenvalue weighted by Crippen LogP contribution is -2.16. The van der Waals surface area contributed by atoms with Crippen LogP contribution in [0, 0.1) is 12.7 Å². The van der Waals surface area contributed by atoms with Crippen LogP contribution in [0.4, 0.5) is 23.7 Å². The normalized spacial score (nSPS) is 9.76. The van der Waals surface area contributed by atoms with Gasteiger partial charge in [-0.1, -0.05) is 10.5 Å². The topological polar surface area (TPSA) is 75.0 Å². The van der Waals surface area contributed by atoms with Gasteiger partial charge in [0.1, 0.15) is 11.5 Å². The monoisotopic (exact) mass is 300 g/mol. The zero-order valence-corrected chi connectivity index (χ0v) is 11.3. The fraction of sp³-hybridized carbons (Fsp3) is 0.231. The summed E-state index contributed by atoms with van der Waals surface area (Å²) in [6.07, 6.45) is 2.03. The average molecular weight is 300 g/mol. The van der Waals surface area contributed by atoms with Crippen LogP contribution in [0.1, 0.15) is 11.3 Å². The number of rotatable bonds is 3. The molecular weight excluding hydrogens is 285 g/mol. The zero-order valence-electron chi connectivity index (χ0n) is 11.3. The third-order valence-corrected chi connectivity index (χ3v) is 2.42. The molecule has 1 amide bonds. The van der Waals surface area contributed by atoms with E-state index in [4.69, 9.17) is 5.73 Å². The summed E-state index contributed by atoms with van der Waals surface area (Å²) < 4.78 is 37.2. The molecule has 0 unspecified atom stereocenters. The lowest BCUT2D eigenvalue weighted by atomic mass is 10.2. The van der Waals surface area contributed by atoms with Crippen molar-refractivity contribution in [3.05, 3.63) is 47.8 Å². The minimum absolute atomic E-state index is 0.556. The molecule has 3 N–H and O–H groups in total. The van der Waals surface area contributed by atoms with Gasteiger partial charge in [0.2, 0.25) is 0 Å². The number of hydrogen-bond acceptors (Lipinski definition) is 3. The number of nitrogens with zero attached hydrogens (tertiary/aromatic N) is 2. The van der Waals surface area contributed by atoms with Gasteiger partial charge < -0.3 is 10.7 Å². The van der Waals surface area contributed by atoms with Crippen molar-refractivity contribution >= 4 is 11.8 Å². The Morgan fingerprint density at radius 2 is 2.19 bits per heavy atom. The van der Waals surface area contributed by atoms with Gasteiger partial charge in [-0.05, 0) is 31.2 Å². The third-order valence-electron chi connectivity index (χ3n) is 2.42. The second-order valence-electron chi connectivity index (χ2n) is 4.09. The fourth-order valence-electron chi connectivity index (χ4n) is 1.44. The number of hydrogen-bond donors (Lipinski definition) is 2. The van der Waals surface area contributed by atoms with Crippen molar-refractivity contribution in [1.29, 1.82) is 0 Å². The van der Waals surface area contributed by atoms with Crippen LogP contribution >= 0.6 is 0 Å². The summed E-state index contributed by atoms with van der Waals surface area (Å²) >= 11 is 0. The van der Waals surface area contributed by atoms with E-state index in [9.17, 15) is 18.1 Å². The Labute approximate surface area is 119 Å². The number of nitrogens with one attached hydrogen (secondary N) is 1. The van der Waals surface area contributed by atoms with E-state index in [0.29, 0.717) is 12.1 Å². The highest BCUT2D eigenvalue weighted by Crippen LogP contribution is 2.21. The standard InChI is InChI=1S/C8H6F3NO.C5H9N3/c1-5-2-3-7(6(9)4-5)12(11)8(10)13;6-2-1-5-3-7-4-8-5/h2-4H,1H3;3-4H,1-2,6H2,(H,7,8). The number of imidazole rings is 1. The fourth-order valence-corrected chi connectivity index (χ4v) is 1.44. The van der Waals surface area contributed by atoms with Gasteiger partial charge in [0.15, 0.2) is 0 Å². The Kier molecular flexibility index (Phi) is 6.41. The highest BCUT2D eigenvalue weighted by molar-refractivity contribution is 5.84. The van der Waals surface area contributed by atoms with Gasteiger partial charge in [-0.3, -0.25) is 0 Å². The molecule has 0 aliphatic carbocycles. The summed E-state index contributed by atoms with van der Waals surface area (Å²) in [5, 5.41) is -0.880. The molecule has 1 heterocycles. The zero-order chi connectivity index (χ0) is 15.8. The highest BCUT2D eigenvalue weighted by Gasteiger charge is 2.17. The molecule has 5 nitrogen and oxygen atoms in total. The van der Waals surface area contributed by atoms with Crippen LogP contribution in [0.25, 0.3) is 0 Å². The Bertz CT molecular complexity index is 575. The lowest BCUT2D eigenvalue weighted by molar-refractivity contribution is 0.213. The second-order valence-corrected chi connectivity index (χ2v) is 4.09. The molecule has 2 aromatic rings. The molecule has 1 aromatic carbocycles. The Morgan fingerprint density at radius 1 is 1.48 bits per heavy atom. The van der Waals surface area contributed by atoms with Crippen molar-refractivity contribution in [3.63, 3.8) is 0 Å². The first-order chi connectivity index (χ1) is 9.95. The summed E-state index contributed by atoms with van der Waals surface area (Å²) in [5.74, 6) is -0.978. The summed E-state index contributed by atoms with van der Waals surface area (Å²) in [5.41, 5.74) is 6.13. The number of aryl methyl sites for hydroxylation is 1. The van der Waals surface area contributed by atoms with E-state index in [1.165, 1.54) is 6.07 Å². The molecule has 0 bridgehead atoms. The quantitative estimate of drug-likeness (QED) is 0.520. The SMILES string of the molecule is Cc1ccc(N(F)C(=O)F)c(F)c1.NCCc1c[nH]cn1. The maximum atomic E-state index is 12.9. The molecule has 0 radical (unpaired) electrons. The van der Waals surface area contributed by atoms with Crippen molar-refractivity contribution in [2.45, 2.75) is 13.3 Å². The van der Waals surface area contributed by atoms with Gasteiger partial charge in [-0.2, -0.15) is 0 Å². The molecule has 2 rings (SSSR count). The van der Waals surface area contributed by atoms with Crippen molar-refractivity contribution in [2.75, 3.05) is 11.7 Å². The highest BCUT2D eigenvalue weighted by atomic mass is 19.2. The molecule has 0 saturated heterocycles. The van der Waals surface area contributed by atoms with Crippen LogP contribution in [0.2, 0.25) is 0 Å². The van der Waals surface area contributed by atoms with Crippen LogP contribution in [0.3, 0.4) is 0 Å². The van der Waals surface area contributed by atoms with Gasteiger partial charge in [0.25, 0.3) is 0 Å². The molecule has 0 atom stereocenters. The van der Waals surface area contributed by atoms with Crippen molar-refractivity contribution in [1.82, 2.24) is 9.97 Å². The molecule has 0 fully saturated rings. The van der Waals surface area contributed by atoms with Crippen LogP contribution in [0.15, 0.2) is 30.7 Å². The molecule has 114 valence electrons. The first-order valence-electron chi connectivity index (χ1n) is 6.05. The van der Waals surface area contributed by atoms with Crippen LogP contribution in [0.5, 0.6) is 0 Å². The van der Waals surface area contributed by atoms with Gasteiger partial charge in [0.05, 0.1) is 12.0 Å². The van der Waals surface area contributed by atoms with Gasteiger partial charge in [0, 0.05) is 12.6 Å². The van der Waals surface area contributed by atoms with Crippen LogP contribution < -0.4 is 10.9 Å². The Morgan fingerprint density at radius 3 is 2.67 bits per heavy atom. The van der Waals surface area contributed by atoms with E-state index >= 15 is 0 Å². The third kappa shape index (κ3) is 5.27. The van der Waals surface area contributed by atoms with Crippen LogP contribution in [-0.2, 0) is 6.42 Å². The van der Waals surface area contributed by atoms with E-state index in [-0.39, 0.29) is 0 Å². The number of carbonyl (C=O) groups is 1.